The third-order valence-corrected chi connectivity index (χ3v) is 4.18. The molecular formula is C14H9Br2ClFNO. The highest BCUT2D eigenvalue weighted by Crippen LogP contribution is 2.28. The number of phenolic OH excluding ortho intramolecular Hbond substituents is 1. The number of aromatic hydroxyl groups is 1. The van der Waals surface area contributed by atoms with Crippen LogP contribution in [0.3, 0.4) is 0 Å². The fraction of sp³-hybridized carbons (Fsp3) is 0.0714. The van der Waals surface area contributed by atoms with Crippen molar-refractivity contribution in [1.82, 2.24) is 0 Å². The number of halogens is 4. The van der Waals surface area contributed by atoms with Gasteiger partial charge in [-0.3, -0.25) is 0 Å². The van der Waals surface area contributed by atoms with Crippen LogP contribution in [0, 0.1) is 11.2 Å². The van der Waals surface area contributed by atoms with Gasteiger partial charge in [-0.05, 0) is 35.9 Å². The van der Waals surface area contributed by atoms with Crippen molar-refractivity contribution < 1.29 is 9.50 Å². The molecule has 0 atom stereocenters. The monoisotopic (exact) mass is 419 g/mol. The van der Waals surface area contributed by atoms with Gasteiger partial charge in [0.05, 0.1) is 5.56 Å². The summed E-state index contributed by atoms with van der Waals surface area (Å²) < 4.78 is 15.1. The second kappa shape index (κ2) is 6.24. The predicted octanol–water partition coefficient (Wildman–Crippen LogP) is 5.32. The van der Waals surface area contributed by atoms with E-state index < -0.39 is 5.82 Å². The van der Waals surface area contributed by atoms with Crippen molar-refractivity contribution in [2.24, 2.45) is 0 Å². The van der Waals surface area contributed by atoms with Crippen LogP contribution in [-0.2, 0) is 6.42 Å². The first-order chi connectivity index (χ1) is 9.38. The Hall–Kier alpha value is -0.910. The van der Waals surface area contributed by atoms with E-state index in [2.05, 4.69) is 31.9 Å². The minimum absolute atomic E-state index is 0.0181. The van der Waals surface area contributed by atoms with E-state index in [1.165, 1.54) is 12.1 Å². The smallest absolute Gasteiger partial charge is 0.137 e. The summed E-state index contributed by atoms with van der Waals surface area (Å²) in [5, 5.41) is 18.3. The van der Waals surface area contributed by atoms with Crippen molar-refractivity contribution in [1.29, 1.82) is 5.41 Å². The van der Waals surface area contributed by atoms with Gasteiger partial charge in [-0.2, -0.15) is 0 Å². The molecule has 0 fully saturated rings. The summed E-state index contributed by atoms with van der Waals surface area (Å²) in [6.07, 6.45) is 0.160. The van der Waals surface area contributed by atoms with Gasteiger partial charge in [0.1, 0.15) is 11.6 Å². The van der Waals surface area contributed by atoms with E-state index in [-0.39, 0.29) is 23.4 Å². The van der Waals surface area contributed by atoms with Crippen LogP contribution >= 0.6 is 43.5 Å². The molecule has 2 rings (SSSR count). The molecule has 0 aromatic heterocycles. The van der Waals surface area contributed by atoms with Crippen molar-refractivity contribution in [2.45, 2.75) is 6.42 Å². The lowest BCUT2D eigenvalue weighted by Crippen LogP contribution is -2.07. The Morgan fingerprint density at radius 1 is 1.25 bits per heavy atom. The van der Waals surface area contributed by atoms with Crippen LogP contribution in [0.25, 0.3) is 0 Å². The van der Waals surface area contributed by atoms with E-state index in [1.807, 2.05) is 0 Å². The minimum Gasteiger partial charge on any atom is -0.507 e. The molecule has 20 heavy (non-hydrogen) atoms. The Labute approximate surface area is 137 Å². The molecule has 0 aliphatic heterocycles. The quantitative estimate of drug-likeness (QED) is 0.648. The molecule has 2 aromatic rings. The zero-order valence-electron chi connectivity index (χ0n) is 10.1. The van der Waals surface area contributed by atoms with Crippen molar-refractivity contribution in [3.63, 3.8) is 0 Å². The van der Waals surface area contributed by atoms with E-state index in [1.54, 1.807) is 18.2 Å². The average molecular weight is 421 g/mol. The molecule has 0 aliphatic rings. The molecule has 0 radical (unpaired) electrons. The van der Waals surface area contributed by atoms with Gasteiger partial charge in [0, 0.05) is 26.1 Å². The normalized spacial score (nSPS) is 10.6. The lowest BCUT2D eigenvalue weighted by Gasteiger charge is -2.10. The highest BCUT2D eigenvalue weighted by atomic mass is 79.9. The summed E-state index contributed by atoms with van der Waals surface area (Å²) in [6, 6.07) is 7.77. The van der Waals surface area contributed by atoms with Crippen molar-refractivity contribution >= 4 is 49.2 Å². The average Bonchev–Trinajstić information content (AvgIpc) is 2.32. The number of nitrogens with one attached hydrogen (secondary N) is 1. The van der Waals surface area contributed by atoms with E-state index >= 15 is 0 Å². The van der Waals surface area contributed by atoms with Crippen LogP contribution in [0.1, 0.15) is 11.1 Å². The molecular weight excluding hydrogens is 412 g/mol. The van der Waals surface area contributed by atoms with E-state index in [4.69, 9.17) is 17.0 Å². The van der Waals surface area contributed by atoms with Crippen molar-refractivity contribution in [2.75, 3.05) is 0 Å². The van der Waals surface area contributed by atoms with Gasteiger partial charge in [0.25, 0.3) is 0 Å². The molecule has 2 N–H and O–H groups in total. The zero-order valence-corrected chi connectivity index (χ0v) is 14.0. The maximum atomic E-state index is 13.9. The molecule has 0 unspecified atom stereocenters. The summed E-state index contributed by atoms with van der Waals surface area (Å²) in [5.74, 6) is -0.903. The van der Waals surface area contributed by atoms with E-state index in [0.29, 0.717) is 9.50 Å². The highest BCUT2D eigenvalue weighted by molar-refractivity contribution is 9.10. The van der Waals surface area contributed by atoms with Gasteiger partial charge in [-0.25, -0.2) is 4.39 Å². The fourth-order valence-corrected chi connectivity index (χ4v) is 2.82. The number of phenols is 1. The van der Waals surface area contributed by atoms with Crippen LogP contribution in [-0.4, -0.2) is 10.8 Å². The van der Waals surface area contributed by atoms with E-state index in [0.717, 1.165) is 10.0 Å². The van der Waals surface area contributed by atoms with Gasteiger partial charge < -0.3 is 10.5 Å². The zero-order chi connectivity index (χ0) is 14.9. The van der Waals surface area contributed by atoms with Crippen LogP contribution in [0.5, 0.6) is 5.75 Å². The molecule has 0 saturated heterocycles. The molecule has 2 nitrogen and oxygen atoms in total. The second-order valence-electron chi connectivity index (χ2n) is 4.17. The topological polar surface area (TPSA) is 44.1 Å². The van der Waals surface area contributed by atoms with Crippen LogP contribution in [0.2, 0.25) is 5.02 Å². The van der Waals surface area contributed by atoms with Gasteiger partial charge in [-0.1, -0.05) is 43.5 Å². The minimum atomic E-state index is -0.639. The molecule has 0 bridgehead atoms. The first kappa shape index (κ1) is 15.5. The summed E-state index contributed by atoms with van der Waals surface area (Å²) in [5.41, 5.74) is 0.639. The molecule has 104 valence electrons. The first-order valence-electron chi connectivity index (χ1n) is 5.58. The van der Waals surface area contributed by atoms with Gasteiger partial charge in [-0.15, -0.1) is 0 Å². The number of rotatable bonds is 3. The molecule has 0 saturated carbocycles. The number of hydrogen-bond acceptors (Lipinski definition) is 2. The highest BCUT2D eigenvalue weighted by Gasteiger charge is 2.16. The molecule has 2 aromatic carbocycles. The fourth-order valence-electron chi connectivity index (χ4n) is 1.82. The lowest BCUT2D eigenvalue weighted by molar-refractivity contribution is 0.466. The Bertz CT molecular complexity index is 668. The van der Waals surface area contributed by atoms with Crippen molar-refractivity contribution in [3.05, 3.63) is 61.2 Å². The molecule has 0 aliphatic carbocycles. The Morgan fingerprint density at radius 3 is 2.60 bits per heavy atom. The van der Waals surface area contributed by atoms with Gasteiger partial charge >= 0.3 is 0 Å². The van der Waals surface area contributed by atoms with Crippen LogP contribution in [0.15, 0.2) is 39.3 Å². The molecule has 6 heteroatoms. The summed E-state index contributed by atoms with van der Waals surface area (Å²) in [7, 11) is 0. The summed E-state index contributed by atoms with van der Waals surface area (Å²) in [4.78, 5) is 0. The van der Waals surface area contributed by atoms with Crippen molar-refractivity contribution in [3.8, 4) is 5.75 Å². The summed E-state index contributed by atoms with van der Waals surface area (Å²) >= 11 is 12.4. The Kier molecular flexibility index (Phi) is 4.83. The third-order valence-electron chi connectivity index (χ3n) is 2.71. The van der Waals surface area contributed by atoms with Crippen LogP contribution < -0.4 is 0 Å². The Balaban J connectivity index is 2.36. The van der Waals surface area contributed by atoms with E-state index in [9.17, 15) is 9.50 Å². The Morgan fingerprint density at radius 2 is 1.95 bits per heavy atom. The lowest BCUT2D eigenvalue weighted by atomic mass is 10.0. The second-order valence-corrected chi connectivity index (χ2v) is 6.38. The molecule has 0 amide bonds. The summed E-state index contributed by atoms with van der Waals surface area (Å²) in [6.45, 7) is 0. The first-order valence-corrected chi connectivity index (χ1v) is 7.54. The maximum Gasteiger partial charge on any atom is 0.137 e. The van der Waals surface area contributed by atoms with Crippen LogP contribution in [0.4, 0.5) is 4.39 Å². The van der Waals surface area contributed by atoms with Gasteiger partial charge in [0.15, 0.2) is 0 Å². The largest absolute Gasteiger partial charge is 0.507 e. The maximum absolute atomic E-state index is 13.9. The number of hydrogen-bond donors (Lipinski definition) is 2. The standard InChI is InChI=1S/C14H9Br2ClFNO/c15-8-5-11(18)14(13(20)6-8)12(19)4-7-3-9(17)1-2-10(7)16/h1-3,5-6,19-20H,4H2. The third kappa shape index (κ3) is 3.40. The predicted molar refractivity (Wildman–Crippen MR) is 85.4 cm³/mol. The number of benzene rings is 2. The molecule has 0 spiro atoms. The SMILES string of the molecule is N=C(Cc1cc(Cl)ccc1Br)c1c(O)cc(Br)cc1F. The molecule has 0 heterocycles. The van der Waals surface area contributed by atoms with Gasteiger partial charge in [0.2, 0.25) is 0 Å².